The minimum atomic E-state index is -0.407. The van der Waals surface area contributed by atoms with Gasteiger partial charge in [0.2, 0.25) is 5.88 Å². The van der Waals surface area contributed by atoms with Gasteiger partial charge in [-0.05, 0) is 55.6 Å². The van der Waals surface area contributed by atoms with E-state index >= 15 is 0 Å². The molecular formula is C24H31N5O3. The lowest BCUT2D eigenvalue weighted by Crippen LogP contribution is -2.47. The molecule has 170 valence electrons. The monoisotopic (exact) mass is 437 g/mol. The third kappa shape index (κ3) is 6.05. The number of nitrogens with one attached hydrogen (secondary N) is 2. The number of carbonyl (C=O) groups excluding carboxylic acids is 2. The molecule has 3 heterocycles. The normalized spacial score (nSPS) is 17.7. The van der Waals surface area contributed by atoms with E-state index in [1.165, 1.54) is 24.6 Å². The number of hydrogen-bond acceptors (Lipinski definition) is 6. The molecule has 1 aromatic heterocycles. The van der Waals surface area contributed by atoms with Crippen molar-refractivity contribution in [1.29, 1.82) is 0 Å². The van der Waals surface area contributed by atoms with Crippen LogP contribution in [0, 0.1) is 5.92 Å². The quantitative estimate of drug-likeness (QED) is 0.748. The molecule has 0 atom stereocenters. The van der Waals surface area contributed by atoms with Crippen LogP contribution < -0.4 is 15.4 Å². The summed E-state index contributed by atoms with van der Waals surface area (Å²) in [5, 5.41) is 6.02. The second-order valence-corrected chi connectivity index (χ2v) is 8.60. The van der Waals surface area contributed by atoms with Gasteiger partial charge < -0.3 is 20.3 Å². The summed E-state index contributed by atoms with van der Waals surface area (Å²) in [6, 6.07) is 11.0. The fourth-order valence-electron chi connectivity index (χ4n) is 3.96. The number of nitrogens with zero attached hydrogens (tertiary/aromatic N) is 3. The van der Waals surface area contributed by atoms with E-state index in [1.807, 2.05) is 24.3 Å². The van der Waals surface area contributed by atoms with Crippen LogP contribution in [0.4, 0.5) is 10.5 Å². The van der Waals surface area contributed by atoms with E-state index in [0.717, 1.165) is 38.6 Å². The molecule has 0 spiro atoms. The van der Waals surface area contributed by atoms with Crippen LogP contribution in [0.2, 0.25) is 0 Å². The Balaban J connectivity index is 1.27. The van der Waals surface area contributed by atoms with Crippen LogP contribution in [-0.2, 0) is 6.54 Å². The van der Waals surface area contributed by atoms with Crippen molar-refractivity contribution >= 4 is 17.7 Å². The highest BCUT2D eigenvalue weighted by Crippen LogP contribution is 2.19. The molecule has 2 aliphatic rings. The maximum atomic E-state index is 12.6. The molecule has 4 rings (SSSR count). The van der Waals surface area contributed by atoms with E-state index in [4.69, 9.17) is 4.74 Å². The standard InChI is InChI=1S/C24H31N5O3/c1-18-8-12-28(13-9-18)17-19-2-4-20(5-3-19)23(30)27-21-6-7-22(26-16-21)32-24(31)29-14-10-25-11-15-29/h2-7,16,18,25H,8-15,17H2,1H3,(H,27,30). The molecule has 1 aromatic carbocycles. The fourth-order valence-corrected chi connectivity index (χ4v) is 3.96. The molecule has 8 nitrogen and oxygen atoms in total. The number of pyridine rings is 1. The second kappa shape index (κ2) is 10.6. The number of benzene rings is 1. The van der Waals surface area contributed by atoms with Crippen molar-refractivity contribution in [2.45, 2.75) is 26.3 Å². The zero-order valence-corrected chi connectivity index (χ0v) is 18.5. The summed E-state index contributed by atoms with van der Waals surface area (Å²) < 4.78 is 5.31. The van der Waals surface area contributed by atoms with Gasteiger partial charge in [-0.3, -0.25) is 9.69 Å². The van der Waals surface area contributed by atoms with Gasteiger partial charge in [-0.2, -0.15) is 0 Å². The van der Waals surface area contributed by atoms with Crippen molar-refractivity contribution in [3.05, 3.63) is 53.7 Å². The van der Waals surface area contributed by atoms with Gasteiger partial charge >= 0.3 is 6.09 Å². The molecule has 0 bridgehead atoms. The Kier molecular flexibility index (Phi) is 7.34. The van der Waals surface area contributed by atoms with E-state index < -0.39 is 6.09 Å². The van der Waals surface area contributed by atoms with Crippen molar-refractivity contribution in [1.82, 2.24) is 20.1 Å². The van der Waals surface area contributed by atoms with Gasteiger partial charge in [0.05, 0.1) is 11.9 Å². The third-order valence-corrected chi connectivity index (χ3v) is 6.06. The molecule has 2 fully saturated rings. The van der Waals surface area contributed by atoms with E-state index in [2.05, 4.69) is 27.4 Å². The zero-order valence-electron chi connectivity index (χ0n) is 18.5. The van der Waals surface area contributed by atoms with Crippen molar-refractivity contribution in [2.75, 3.05) is 44.6 Å². The molecule has 2 aliphatic heterocycles. The lowest BCUT2D eigenvalue weighted by Gasteiger charge is -2.30. The predicted octanol–water partition coefficient (Wildman–Crippen LogP) is 2.97. The molecule has 2 N–H and O–H groups in total. The summed E-state index contributed by atoms with van der Waals surface area (Å²) in [5.41, 5.74) is 2.35. The number of rotatable bonds is 5. The zero-order chi connectivity index (χ0) is 22.3. The molecule has 2 saturated heterocycles. The van der Waals surface area contributed by atoms with Gasteiger partial charge in [0, 0.05) is 44.4 Å². The summed E-state index contributed by atoms with van der Waals surface area (Å²) in [5.74, 6) is 0.832. The van der Waals surface area contributed by atoms with Gasteiger partial charge in [-0.1, -0.05) is 19.1 Å². The smallest absolute Gasteiger partial charge is 0.391 e. The predicted molar refractivity (Wildman–Crippen MR) is 123 cm³/mol. The number of amides is 2. The lowest BCUT2D eigenvalue weighted by atomic mass is 9.99. The number of aromatic nitrogens is 1. The van der Waals surface area contributed by atoms with Crippen LogP contribution in [-0.4, -0.2) is 66.1 Å². The van der Waals surface area contributed by atoms with E-state index in [0.29, 0.717) is 24.3 Å². The number of carbonyl (C=O) groups is 2. The first kappa shape index (κ1) is 22.2. The van der Waals surface area contributed by atoms with Crippen molar-refractivity contribution in [3.63, 3.8) is 0 Å². The van der Waals surface area contributed by atoms with Crippen LogP contribution in [0.1, 0.15) is 35.7 Å². The Morgan fingerprint density at radius 3 is 2.44 bits per heavy atom. The van der Waals surface area contributed by atoms with Crippen molar-refractivity contribution in [3.8, 4) is 5.88 Å². The molecule has 8 heteroatoms. The number of likely N-dealkylation sites (tertiary alicyclic amines) is 1. The highest BCUT2D eigenvalue weighted by Gasteiger charge is 2.19. The minimum Gasteiger partial charge on any atom is -0.391 e. The molecule has 2 aromatic rings. The van der Waals surface area contributed by atoms with E-state index in [1.54, 1.807) is 17.0 Å². The molecular weight excluding hydrogens is 406 g/mol. The van der Waals surface area contributed by atoms with Gasteiger partial charge in [0.25, 0.3) is 5.91 Å². The first-order valence-electron chi connectivity index (χ1n) is 11.3. The molecule has 0 saturated carbocycles. The van der Waals surface area contributed by atoms with Crippen molar-refractivity contribution in [2.24, 2.45) is 5.92 Å². The Morgan fingerprint density at radius 1 is 1.06 bits per heavy atom. The van der Waals surface area contributed by atoms with Gasteiger partial charge in [-0.15, -0.1) is 0 Å². The molecule has 0 aliphatic carbocycles. The van der Waals surface area contributed by atoms with Crippen LogP contribution in [0.25, 0.3) is 0 Å². The number of piperazine rings is 1. The number of piperidine rings is 1. The number of ether oxygens (including phenoxy) is 1. The van der Waals surface area contributed by atoms with E-state index in [9.17, 15) is 9.59 Å². The second-order valence-electron chi connectivity index (χ2n) is 8.60. The summed E-state index contributed by atoms with van der Waals surface area (Å²) in [4.78, 5) is 33.0. The lowest BCUT2D eigenvalue weighted by molar-refractivity contribution is 0.102. The summed E-state index contributed by atoms with van der Waals surface area (Å²) >= 11 is 0. The first-order chi connectivity index (χ1) is 15.6. The van der Waals surface area contributed by atoms with E-state index in [-0.39, 0.29) is 11.8 Å². The highest BCUT2D eigenvalue weighted by molar-refractivity contribution is 6.04. The molecule has 2 amide bonds. The SMILES string of the molecule is CC1CCN(Cc2ccc(C(=O)Nc3ccc(OC(=O)N4CCNCC4)nc3)cc2)CC1. The summed E-state index contributed by atoms with van der Waals surface area (Å²) in [7, 11) is 0. The maximum Gasteiger partial charge on any atom is 0.416 e. The van der Waals surface area contributed by atoms with Gasteiger partial charge in [-0.25, -0.2) is 9.78 Å². The Labute approximate surface area is 188 Å². The fraction of sp³-hybridized carbons (Fsp3) is 0.458. The van der Waals surface area contributed by atoms with Crippen molar-refractivity contribution < 1.29 is 14.3 Å². The summed E-state index contributed by atoms with van der Waals surface area (Å²) in [6.45, 7) is 8.25. The minimum absolute atomic E-state index is 0.198. The molecule has 0 radical (unpaired) electrons. The van der Waals surface area contributed by atoms with Crippen LogP contribution in [0.3, 0.4) is 0 Å². The topological polar surface area (TPSA) is 86.8 Å². The molecule has 32 heavy (non-hydrogen) atoms. The Bertz CT molecular complexity index is 902. The van der Waals surface area contributed by atoms with Gasteiger partial charge in [0.15, 0.2) is 0 Å². The first-order valence-corrected chi connectivity index (χ1v) is 11.3. The average molecular weight is 438 g/mol. The number of hydrogen-bond donors (Lipinski definition) is 2. The van der Waals surface area contributed by atoms with Crippen LogP contribution in [0.15, 0.2) is 42.6 Å². The Hall–Kier alpha value is -2.97. The van der Waals surface area contributed by atoms with Crippen LogP contribution in [0.5, 0.6) is 5.88 Å². The van der Waals surface area contributed by atoms with Crippen LogP contribution >= 0.6 is 0 Å². The highest BCUT2D eigenvalue weighted by atomic mass is 16.6. The maximum absolute atomic E-state index is 12.6. The Morgan fingerprint density at radius 2 is 1.78 bits per heavy atom. The van der Waals surface area contributed by atoms with Gasteiger partial charge in [0.1, 0.15) is 0 Å². The largest absolute Gasteiger partial charge is 0.416 e. The average Bonchev–Trinajstić information content (AvgIpc) is 2.83. The summed E-state index contributed by atoms with van der Waals surface area (Å²) in [6.07, 6.45) is 3.59. The molecule has 0 unspecified atom stereocenters. The number of anilines is 1. The third-order valence-electron chi connectivity index (χ3n) is 6.06.